The second-order valence-corrected chi connectivity index (χ2v) is 8.96. The smallest absolute Gasteiger partial charge is 0.139 e. The van der Waals surface area contributed by atoms with Crippen LogP contribution < -0.4 is 0 Å². The molecule has 2 heteroatoms. The van der Waals surface area contributed by atoms with Crippen molar-refractivity contribution in [2.45, 2.75) is 46.5 Å². The molecule has 4 aromatic carbocycles. The maximum atomic E-state index is 15.0. The topological polar surface area (TPSA) is 0 Å². The monoisotopic (exact) mass is 464 g/mol. The van der Waals surface area contributed by atoms with Crippen LogP contribution in [0.15, 0.2) is 78.9 Å². The Hall–Kier alpha value is -3.70. The zero-order valence-electron chi connectivity index (χ0n) is 20.6. The summed E-state index contributed by atoms with van der Waals surface area (Å²) in [5, 5.41) is 0. The molecular formula is C33H30F2. The van der Waals surface area contributed by atoms with Crippen LogP contribution in [0.5, 0.6) is 0 Å². The van der Waals surface area contributed by atoms with Gasteiger partial charge in [-0.2, -0.15) is 0 Å². The van der Waals surface area contributed by atoms with Crippen LogP contribution in [0.25, 0.3) is 22.3 Å². The Morgan fingerprint density at radius 3 is 2.03 bits per heavy atom. The second-order valence-electron chi connectivity index (χ2n) is 8.96. The van der Waals surface area contributed by atoms with Crippen molar-refractivity contribution in [2.24, 2.45) is 0 Å². The minimum atomic E-state index is -0.288. The zero-order valence-corrected chi connectivity index (χ0v) is 20.6. The van der Waals surface area contributed by atoms with E-state index in [0.29, 0.717) is 11.1 Å². The van der Waals surface area contributed by atoms with Crippen LogP contribution in [0.1, 0.15) is 54.5 Å². The number of hydrogen-bond donors (Lipinski definition) is 0. The number of rotatable bonds is 6. The molecule has 0 unspecified atom stereocenters. The van der Waals surface area contributed by atoms with Crippen LogP contribution in [0, 0.1) is 30.4 Å². The quantitative estimate of drug-likeness (QED) is 0.250. The first-order valence-electron chi connectivity index (χ1n) is 12.3. The minimum Gasteiger partial charge on any atom is -0.206 e. The summed E-state index contributed by atoms with van der Waals surface area (Å²) >= 11 is 0. The van der Waals surface area contributed by atoms with E-state index in [1.54, 1.807) is 6.07 Å². The molecule has 4 aromatic rings. The molecule has 0 bridgehead atoms. The minimum absolute atomic E-state index is 0.259. The van der Waals surface area contributed by atoms with Crippen LogP contribution in [0.2, 0.25) is 0 Å². The van der Waals surface area contributed by atoms with Crippen LogP contribution >= 0.6 is 0 Å². The summed E-state index contributed by atoms with van der Waals surface area (Å²) in [5.74, 6) is 5.49. The largest absolute Gasteiger partial charge is 0.206 e. The first-order chi connectivity index (χ1) is 17.0. The molecule has 0 nitrogen and oxygen atoms in total. The molecule has 0 aliphatic heterocycles. The molecule has 0 aliphatic carbocycles. The first kappa shape index (κ1) is 24.4. The lowest BCUT2D eigenvalue weighted by Crippen LogP contribution is -1.94. The number of halogens is 2. The van der Waals surface area contributed by atoms with Gasteiger partial charge in [0.1, 0.15) is 11.6 Å². The first-order valence-corrected chi connectivity index (χ1v) is 12.3. The molecule has 0 aliphatic rings. The van der Waals surface area contributed by atoms with E-state index in [1.165, 1.54) is 24.5 Å². The number of aryl methyl sites for hydroxylation is 3. The Morgan fingerprint density at radius 2 is 1.37 bits per heavy atom. The Morgan fingerprint density at radius 1 is 0.686 bits per heavy atom. The fourth-order valence-corrected chi connectivity index (χ4v) is 4.27. The highest BCUT2D eigenvalue weighted by Crippen LogP contribution is 2.28. The predicted molar refractivity (Wildman–Crippen MR) is 142 cm³/mol. The average molecular weight is 465 g/mol. The van der Waals surface area contributed by atoms with Gasteiger partial charge in [-0.05, 0) is 83.8 Å². The molecule has 0 saturated carbocycles. The van der Waals surface area contributed by atoms with E-state index in [1.807, 2.05) is 56.3 Å². The fraction of sp³-hybridized carbons (Fsp3) is 0.212. The van der Waals surface area contributed by atoms with Gasteiger partial charge in [0.05, 0.1) is 5.56 Å². The molecule has 0 amide bonds. The molecule has 0 aromatic heterocycles. The van der Waals surface area contributed by atoms with Crippen LogP contribution in [-0.4, -0.2) is 0 Å². The molecule has 4 rings (SSSR count). The molecule has 35 heavy (non-hydrogen) atoms. The van der Waals surface area contributed by atoms with E-state index >= 15 is 4.39 Å². The molecule has 0 saturated heterocycles. The highest BCUT2D eigenvalue weighted by molar-refractivity contribution is 5.71. The standard InChI is InChI=1S/C33H30F2/c1-4-6-7-24-8-13-27(14-9-24)29-17-19-31(33(35)22-29)28-15-10-25(11-16-28)12-18-30-26(5-2)20-23(3)21-32(30)34/h8-11,13-17,19-22H,4-7H2,1-3H3. The van der Waals surface area contributed by atoms with Gasteiger partial charge in [-0.1, -0.05) is 86.7 Å². The maximum Gasteiger partial charge on any atom is 0.139 e. The van der Waals surface area contributed by atoms with Crippen molar-refractivity contribution >= 4 is 0 Å². The summed E-state index contributed by atoms with van der Waals surface area (Å²) < 4.78 is 29.4. The van der Waals surface area contributed by atoms with Gasteiger partial charge >= 0.3 is 0 Å². The number of unbranched alkanes of at least 4 members (excludes halogenated alkanes) is 1. The van der Waals surface area contributed by atoms with E-state index in [2.05, 4.69) is 43.0 Å². The van der Waals surface area contributed by atoms with Gasteiger partial charge in [0.25, 0.3) is 0 Å². The summed E-state index contributed by atoms with van der Waals surface area (Å²) in [6, 6.07) is 24.7. The van der Waals surface area contributed by atoms with Crippen molar-refractivity contribution in [3.8, 4) is 34.1 Å². The van der Waals surface area contributed by atoms with Gasteiger partial charge in [-0.15, -0.1) is 0 Å². The third-order valence-electron chi connectivity index (χ3n) is 6.30. The van der Waals surface area contributed by atoms with Gasteiger partial charge in [0.15, 0.2) is 0 Å². The molecular weight excluding hydrogens is 434 g/mol. The Bertz CT molecular complexity index is 1370. The van der Waals surface area contributed by atoms with Crippen molar-refractivity contribution in [1.82, 2.24) is 0 Å². The van der Waals surface area contributed by atoms with Crippen molar-refractivity contribution < 1.29 is 8.78 Å². The van der Waals surface area contributed by atoms with E-state index in [-0.39, 0.29) is 11.6 Å². The van der Waals surface area contributed by atoms with Crippen molar-refractivity contribution in [3.05, 3.63) is 118 Å². The van der Waals surface area contributed by atoms with Crippen LogP contribution in [0.3, 0.4) is 0 Å². The number of hydrogen-bond acceptors (Lipinski definition) is 0. The van der Waals surface area contributed by atoms with E-state index in [9.17, 15) is 4.39 Å². The highest BCUT2D eigenvalue weighted by atomic mass is 19.1. The molecule has 176 valence electrons. The molecule has 0 atom stereocenters. The third kappa shape index (κ3) is 5.87. The maximum absolute atomic E-state index is 15.0. The van der Waals surface area contributed by atoms with Crippen molar-refractivity contribution in [3.63, 3.8) is 0 Å². The van der Waals surface area contributed by atoms with Gasteiger partial charge in [0.2, 0.25) is 0 Å². The summed E-state index contributed by atoms with van der Waals surface area (Å²) in [6.45, 7) is 6.07. The van der Waals surface area contributed by atoms with Gasteiger partial charge in [-0.25, -0.2) is 8.78 Å². The van der Waals surface area contributed by atoms with Crippen molar-refractivity contribution in [2.75, 3.05) is 0 Å². The van der Waals surface area contributed by atoms with E-state index in [0.717, 1.165) is 46.2 Å². The SMILES string of the molecule is CCCCc1ccc(-c2ccc(-c3ccc(C#Cc4c(F)cc(C)cc4CC)cc3)c(F)c2)cc1. The summed E-state index contributed by atoms with van der Waals surface area (Å²) in [6.07, 6.45) is 4.15. The van der Waals surface area contributed by atoms with Gasteiger partial charge < -0.3 is 0 Å². The Balaban J connectivity index is 1.53. The molecule has 0 radical (unpaired) electrons. The Kier molecular flexibility index (Phi) is 7.78. The van der Waals surface area contributed by atoms with E-state index < -0.39 is 0 Å². The van der Waals surface area contributed by atoms with Crippen LogP contribution in [-0.2, 0) is 12.8 Å². The number of benzene rings is 4. The summed E-state index contributed by atoms with van der Waals surface area (Å²) in [7, 11) is 0. The zero-order chi connectivity index (χ0) is 24.8. The van der Waals surface area contributed by atoms with Gasteiger partial charge in [0, 0.05) is 11.1 Å². The van der Waals surface area contributed by atoms with E-state index in [4.69, 9.17) is 0 Å². The Labute approximate surface area is 207 Å². The summed E-state index contributed by atoms with van der Waals surface area (Å²) in [5.41, 5.74) is 7.52. The normalized spacial score (nSPS) is 10.7. The third-order valence-corrected chi connectivity index (χ3v) is 6.30. The molecule has 0 N–H and O–H groups in total. The van der Waals surface area contributed by atoms with Gasteiger partial charge in [-0.3, -0.25) is 0 Å². The average Bonchev–Trinajstić information content (AvgIpc) is 2.87. The summed E-state index contributed by atoms with van der Waals surface area (Å²) in [4.78, 5) is 0. The highest BCUT2D eigenvalue weighted by Gasteiger charge is 2.09. The van der Waals surface area contributed by atoms with Crippen molar-refractivity contribution in [1.29, 1.82) is 0 Å². The lowest BCUT2D eigenvalue weighted by atomic mass is 9.97. The molecule has 0 spiro atoms. The lowest BCUT2D eigenvalue weighted by Gasteiger charge is -2.08. The second kappa shape index (κ2) is 11.2. The predicted octanol–water partition coefficient (Wildman–Crippen LogP) is 8.91. The lowest BCUT2D eigenvalue weighted by molar-refractivity contribution is 0.620. The molecule has 0 fully saturated rings. The molecule has 0 heterocycles. The van der Waals surface area contributed by atoms with Crippen LogP contribution in [0.4, 0.5) is 8.78 Å². The fourth-order valence-electron chi connectivity index (χ4n) is 4.27.